The van der Waals surface area contributed by atoms with Crippen LogP contribution in [-0.4, -0.2) is 25.9 Å². The predicted octanol–water partition coefficient (Wildman–Crippen LogP) is 2.71. The summed E-state index contributed by atoms with van der Waals surface area (Å²) >= 11 is 0. The molecule has 0 aromatic heterocycles. The summed E-state index contributed by atoms with van der Waals surface area (Å²) < 4.78 is 0. The molecule has 2 aromatic rings. The molecule has 0 aliphatic rings. The molecule has 2 rings (SSSR count). The second-order valence-electron chi connectivity index (χ2n) is 5.93. The quantitative estimate of drug-likeness (QED) is 0.803. The Morgan fingerprint density at radius 3 is 2.33 bits per heavy atom. The van der Waals surface area contributed by atoms with Crippen molar-refractivity contribution in [1.82, 2.24) is 5.32 Å². The van der Waals surface area contributed by atoms with E-state index < -0.39 is 0 Å². The first-order valence-corrected chi connectivity index (χ1v) is 7.83. The summed E-state index contributed by atoms with van der Waals surface area (Å²) in [5, 5.41) is 5.49. The lowest BCUT2D eigenvalue weighted by Crippen LogP contribution is -2.27. The minimum Gasteiger partial charge on any atom is -0.378 e. The van der Waals surface area contributed by atoms with Crippen molar-refractivity contribution >= 4 is 23.2 Å². The molecule has 126 valence electrons. The molecule has 0 aliphatic heterocycles. The summed E-state index contributed by atoms with van der Waals surface area (Å²) in [4.78, 5) is 25.8. The number of carbonyl (C=O) groups excluding carboxylic acids is 2. The van der Waals surface area contributed by atoms with Crippen molar-refractivity contribution < 1.29 is 9.59 Å². The van der Waals surface area contributed by atoms with Gasteiger partial charge in [-0.3, -0.25) is 9.59 Å². The number of carbonyl (C=O) groups is 2. The number of amides is 2. The second-order valence-corrected chi connectivity index (χ2v) is 5.93. The Morgan fingerprint density at radius 1 is 1.00 bits per heavy atom. The number of aryl methyl sites for hydroxylation is 1. The number of hydrogen-bond donors (Lipinski definition) is 2. The maximum atomic E-state index is 11.9. The molecule has 5 heteroatoms. The Morgan fingerprint density at radius 2 is 1.71 bits per heavy atom. The Hall–Kier alpha value is -2.82. The van der Waals surface area contributed by atoms with E-state index in [9.17, 15) is 9.59 Å². The average molecular weight is 325 g/mol. The molecular weight excluding hydrogens is 302 g/mol. The zero-order valence-corrected chi connectivity index (χ0v) is 14.3. The summed E-state index contributed by atoms with van der Waals surface area (Å²) in [7, 11) is 3.90. The molecule has 0 radical (unpaired) electrons. The molecule has 0 fully saturated rings. The van der Waals surface area contributed by atoms with Crippen molar-refractivity contribution in [2.24, 2.45) is 0 Å². The van der Waals surface area contributed by atoms with Crippen LogP contribution >= 0.6 is 0 Å². The molecule has 5 nitrogen and oxygen atoms in total. The number of nitrogens with zero attached hydrogens (tertiary/aromatic N) is 1. The smallest absolute Gasteiger partial charge is 0.233 e. The van der Waals surface area contributed by atoms with Crippen LogP contribution in [0, 0.1) is 6.92 Å². The highest BCUT2D eigenvalue weighted by atomic mass is 16.2. The van der Waals surface area contributed by atoms with Crippen LogP contribution < -0.4 is 15.5 Å². The van der Waals surface area contributed by atoms with Crippen LogP contribution in [0.15, 0.2) is 48.5 Å². The van der Waals surface area contributed by atoms with Gasteiger partial charge < -0.3 is 15.5 Å². The number of hydrogen-bond acceptors (Lipinski definition) is 3. The summed E-state index contributed by atoms with van der Waals surface area (Å²) in [6.45, 7) is 2.42. The Kier molecular flexibility index (Phi) is 5.95. The number of benzene rings is 2. The topological polar surface area (TPSA) is 61.4 Å². The van der Waals surface area contributed by atoms with Crippen LogP contribution in [0.2, 0.25) is 0 Å². The van der Waals surface area contributed by atoms with E-state index in [-0.39, 0.29) is 18.2 Å². The number of anilines is 2. The number of rotatable bonds is 6. The third kappa shape index (κ3) is 5.43. The van der Waals surface area contributed by atoms with Crippen molar-refractivity contribution in [3.8, 4) is 0 Å². The van der Waals surface area contributed by atoms with Crippen molar-refractivity contribution in [2.75, 3.05) is 24.3 Å². The number of nitrogens with one attached hydrogen (secondary N) is 2. The van der Waals surface area contributed by atoms with Gasteiger partial charge in [0, 0.05) is 32.0 Å². The van der Waals surface area contributed by atoms with Crippen LogP contribution in [0.4, 0.5) is 11.4 Å². The van der Waals surface area contributed by atoms with Crippen LogP contribution in [0.3, 0.4) is 0 Å². The standard InChI is InChI=1S/C19H23N3O2/c1-14-5-4-6-15(11-14)13-20-18(23)12-19(24)21-16-7-9-17(10-8-16)22(2)3/h4-11H,12-13H2,1-3H3,(H,20,23)(H,21,24). The monoisotopic (exact) mass is 325 g/mol. The molecule has 0 bridgehead atoms. The van der Waals surface area contributed by atoms with E-state index in [1.54, 1.807) is 0 Å². The molecule has 2 amide bonds. The Bertz CT molecular complexity index is 709. The molecule has 0 saturated heterocycles. The summed E-state index contributed by atoms with van der Waals surface area (Å²) in [5.41, 5.74) is 3.88. The van der Waals surface area contributed by atoms with Gasteiger partial charge in [-0.05, 0) is 36.8 Å². The maximum Gasteiger partial charge on any atom is 0.233 e. The van der Waals surface area contributed by atoms with E-state index in [1.165, 1.54) is 0 Å². The third-order valence-electron chi connectivity index (χ3n) is 3.56. The van der Waals surface area contributed by atoms with Crippen LogP contribution in [-0.2, 0) is 16.1 Å². The van der Waals surface area contributed by atoms with E-state index in [2.05, 4.69) is 10.6 Å². The summed E-state index contributed by atoms with van der Waals surface area (Å²) in [5.74, 6) is -0.617. The highest BCUT2D eigenvalue weighted by Gasteiger charge is 2.09. The fraction of sp³-hybridized carbons (Fsp3) is 0.263. The van der Waals surface area contributed by atoms with Gasteiger partial charge in [0.25, 0.3) is 0 Å². The lowest BCUT2D eigenvalue weighted by Gasteiger charge is -2.13. The second kappa shape index (κ2) is 8.15. The van der Waals surface area contributed by atoms with Crippen molar-refractivity contribution in [3.05, 3.63) is 59.7 Å². The predicted molar refractivity (Wildman–Crippen MR) is 97.0 cm³/mol. The van der Waals surface area contributed by atoms with Gasteiger partial charge >= 0.3 is 0 Å². The van der Waals surface area contributed by atoms with Gasteiger partial charge in [-0.25, -0.2) is 0 Å². The van der Waals surface area contributed by atoms with Gasteiger partial charge in [0.05, 0.1) is 0 Å². The van der Waals surface area contributed by atoms with Crippen LogP contribution in [0.1, 0.15) is 17.5 Å². The zero-order valence-electron chi connectivity index (χ0n) is 14.3. The minimum atomic E-state index is -0.325. The first kappa shape index (κ1) is 17.5. The molecule has 2 N–H and O–H groups in total. The molecule has 0 spiro atoms. The van der Waals surface area contributed by atoms with Gasteiger partial charge in [-0.1, -0.05) is 29.8 Å². The van der Waals surface area contributed by atoms with E-state index in [0.717, 1.165) is 16.8 Å². The van der Waals surface area contributed by atoms with Crippen molar-refractivity contribution in [1.29, 1.82) is 0 Å². The fourth-order valence-corrected chi connectivity index (χ4v) is 2.28. The zero-order chi connectivity index (χ0) is 17.5. The van der Waals surface area contributed by atoms with Gasteiger partial charge in [-0.2, -0.15) is 0 Å². The molecule has 2 aromatic carbocycles. The van der Waals surface area contributed by atoms with E-state index >= 15 is 0 Å². The lowest BCUT2D eigenvalue weighted by atomic mass is 10.1. The summed E-state index contributed by atoms with van der Waals surface area (Å²) in [6.07, 6.45) is -0.193. The third-order valence-corrected chi connectivity index (χ3v) is 3.56. The van der Waals surface area contributed by atoms with Crippen LogP contribution in [0.25, 0.3) is 0 Å². The van der Waals surface area contributed by atoms with Gasteiger partial charge in [0.1, 0.15) is 6.42 Å². The van der Waals surface area contributed by atoms with Gasteiger partial charge in [0.2, 0.25) is 11.8 Å². The normalized spacial score (nSPS) is 10.1. The summed E-state index contributed by atoms with van der Waals surface area (Å²) in [6, 6.07) is 15.4. The SMILES string of the molecule is Cc1cccc(CNC(=O)CC(=O)Nc2ccc(N(C)C)cc2)c1. The molecule has 0 unspecified atom stereocenters. The van der Waals surface area contributed by atoms with Gasteiger partial charge in [-0.15, -0.1) is 0 Å². The average Bonchev–Trinajstić information content (AvgIpc) is 2.53. The highest BCUT2D eigenvalue weighted by molar-refractivity contribution is 6.03. The molecular formula is C19H23N3O2. The Balaban J connectivity index is 1.80. The fourth-order valence-electron chi connectivity index (χ4n) is 2.28. The molecule has 24 heavy (non-hydrogen) atoms. The van der Waals surface area contributed by atoms with E-state index in [4.69, 9.17) is 0 Å². The largest absolute Gasteiger partial charge is 0.378 e. The minimum absolute atomic E-state index is 0.193. The first-order chi connectivity index (χ1) is 11.4. The Labute approximate surface area is 142 Å². The molecule has 0 saturated carbocycles. The lowest BCUT2D eigenvalue weighted by molar-refractivity contribution is -0.126. The highest BCUT2D eigenvalue weighted by Crippen LogP contribution is 2.15. The van der Waals surface area contributed by atoms with E-state index in [0.29, 0.717) is 12.2 Å². The molecule has 0 atom stereocenters. The van der Waals surface area contributed by atoms with Gasteiger partial charge in [0.15, 0.2) is 0 Å². The van der Waals surface area contributed by atoms with Crippen molar-refractivity contribution in [2.45, 2.75) is 19.9 Å². The molecule has 0 heterocycles. The maximum absolute atomic E-state index is 11.9. The van der Waals surface area contributed by atoms with Crippen LogP contribution in [0.5, 0.6) is 0 Å². The van der Waals surface area contributed by atoms with Crippen molar-refractivity contribution in [3.63, 3.8) is 0 Å². The first-order valence-electron chi connectivity index (χ1n) is 7.83. The van der Waals surface area contributed by atoms with E-state index in [1.807, 2.05) is 74.4 Å². The molecule has 0 aliphatic carbocycles.